The molecular formula is C14H17NO4S. The van der Waals surface area contributed by atoms with E-state index in [-0.39, 0.29) is 10.7 Å². The molecule has 0 amide bonds. The van der Waals surface area contributed by atoms with Crippen molar-refractivity contribution in [3.8, 4) is 0 Å². The highest BCUT2D eigenvalue weighted by molar-refractivity contribution is 7.92. The van der Waals surface area contributed by atoms with E-state index in [1.807, 2.05) is 0 Å². The lowest BCUT2D eigenvalue weighted by Gasteiger charge is -2.11. The SMILES string of the molecule is NC(C=O)Cc1ccc(S(=O)(=O)C2CCCC2=O)cc1. The first-order valence-corrected chi connectivity index (χ1v) is 8.06. The van der Waals surface area contributed by atoms with Gasteiger partial charge in [-0.05, 0) is 37.0 Å². The van der Waals surface area contributed by atoms with Gasteiger partial charge in [-0.2, -0.15) is 0 Å². The van der Waals surface area contributed by atoms with Gasteiger partial charge in [-0.3, -0.25) is 4.79 Å². The average Bonchev–Trinajstić information content (AvgIpc) is 2.86. The predicted molar refractivity (Wildman–Crippen MR) is 74.0 cm³/mol. The minimum absolute atomic E-state index is 0.154. The number of rotatable bonds is 5. The van der Waals surface area contributed by atoms with Crippen molar-refractivity contribution >= 4 is 21.9 Å². The van der Waals surface area contributed by atoms with Gasteiger partial charge in [0.05, 0.1) is 10.9 Å². The topological polar surface area (TPSA) is 94.3 Å². The monoisotopic (exact) mass is 295 g/mol. The molecular weight excluding hydrogens is 278 g/mol. The first kappa shape index (κ1) is 14.9. The smallest absolute Gasteiger partial charge is 0.188 e. The molecule has 108 valence electrons. The van der Waals surface area contributed by atoms with Crippen molar-refractivity contribution in [3.63, 3.8) is 0 Å². The second-order valence-corrected chi connectivity index (χ2v) is 7.17. The molecule has 1 aromatic carbocycles. The fourth-order valence-electron chi connectivity index (χ4n) is 2.41. The number of carbonyl (C=O) groups is 2. The van der Waals surface area contributed by atoms with Crippen LogP contribution in [0.1, 0.15) is 24.8 Å². The van der Waals surface area contributed by atoms with Crippen molar-refractivity contribution < 1.29 is 18.0 Å². The van der Waals surface area contributed by atoms with Crippen LogP contribution in [0.15, 0.2) is 29.2 Å². The fourth-order valence-corrected chi connectivity index (χ4v) is 4.20. The van der Waals surface area contributed by atoms with Gasteiger partial charge in [0.2, 0.25) is 0 Å². The largest absolute Gasteiger partial charge is 0.321 e. The summed E-state index contributed by atoms with van der Waals surface area (Å²) in [5.41, 5.74) is 6.31. The van der Waals surface area contributed by atoms with Crippen molar-refractivity contribution in [1.82, 2.24) is 0 Å². The Bertz CT molecular complexity index is 607. The van der Waals surface area contributed by atoms with Crippen LogP contribution in [0.4, 0.5) is 0 Å². The zero-order valence-corrected chi connectivity index (χ0v) is 11.8. The van der Waals surface area contributed by atoms with Gasteiger partial charge in [0.25, 0.3) is 0 Å². The first-order valence-electron chi connectivity index (χ1n) is 6.51. The quantitative estimate of drug-likeness (QED) is 0.805. The Balaban J connectivity index is 2.21. The van der Waals surface area contributed by atoms with Crippen LogP contribution in [-0.2, 0) is 25.8 Å². The van der Waals surface area contributed by atoms with Crippen LogP contribution in [0.5, 0.6) is 0 Å². The maximum Gasteiger partial charge on any atom is 0.188 e. The summed E-state index contributed by atoms with van der Waals surface area (Å²) < 4.78 is 24.7. The molecule has 1 aliphatic rings. The zero-order valence-electron chi connectivity index (χ0n) is 11.0. The van der Waals surface area contributed by atoms with E-state index in [0.717, 1.165) is 5.56 Å². The Morgan fingerprint density at radius 2 is 1.95 bits per heavy atom. The van der Waals surface area contributed by atoms with Gasteiger partial charge in [0, 0.05) is 6.42 Å². The molecule has 5 nitrogen and oxygen atoms in total. The van der Waals surface area contributed by atoms with Crippen molar-refractivity contribution in [3.05, 3.63) is 29.8 Å². The van der Waals surface area contributed by atoms with Crippen molar-refractivity contribution in [1.29, 1.82) is 0 Å². The van der Waals surface area contributed by atoms with Crippen LogP contribution >= 0.6 is 0 Å². The Morgan fingerprint density at radius 1 is 1.30 bits per heavy atom. The summed E-state index contributed by atoms with van der Waals surface area (Å²) in [6, 6.07) is 5.64. The molecule has 2 atom stereocenters. The lowest BCUT2D eigenvalue weighted by atomic mass is 10.1. The van der Waals surface area contributed by atoms with Gasteiger partial charge in [-0.1, -0.05) is 12.1 Å². The molecule has 20 heavy (non-hydrogen) atoms. The molecule has 2 rings (SSSR count). The molecule has 0 heterocycles. The van der Waals surface area contributed by atoms with E-state index >= 15 is 0 Å². The summed E-state index contributed by atoms with van der Waals surface area (Å²) >= 11 is 0. The number of ketones is 1. The van der Waals surface area contributed by atoms with Crippen LogP contribution in [-0.4, -0.2) is 31.8 Å². The molecule has 6 heteroatoms. The van der Waals surface area contributed by atoms with E-state index in [0.29, 0.717) is 32.0 Å². The van der Waals surface area contributed by atoms with Gasteiger partial charge < -0.3 is 10.5 Å². The van der Waals surface area contributed by atoms with Crippen LogP contribution in [0.3, 0.4) is 0 Å². The third-order valence-electron chi connectivity index (χ3n) is 3.52. The molecule has 1 fully saturated rings. The molecule has 0 aromatic heterocycles. The zero-order chi connectivity index (χ0) is 14.8. The van der Waals surface area contributed by atoms with E-state index in [4.69, 9.17) is 5.73 Å². The molecule has 1 aliphatic carbocycles. The molecule has 2 N–H and O–H groups in total. The number of Topliss-reactive ketones (excluding diaryl/α,β-unsaturated/α-hetero) is 1. The highest BCUT2D eigenvalue weighted by atomic mass is 32.2. The Kier molecular flexibility index (Phi) is 4.35. The van der Waals surface area contributed by atoms with Crippen LogP contribution in [0.25, 0.3) is 0 Å². The van der Waals surface area contributed by atoms with Crippen molar-refractivity contribution in [2.45, 2.75) is 41.9 Å². The summed E-state index contributed by atoms with van der Waals surface area (Å²) in [5, 5.41) is -0.898. The van der Waals surface area contributed by atoms with Crippen LogP contribution < -0.4 is 5.73 Å². The predicted octanol–water partition coefficient (Wildman–Crippen LogP) is 0.651. The van der Waals surface area contributed by atoms with E-state index in [9.17, 15) is 18.0 Å². The average molecular weight is 295 g/mol. The number of nitrogens with two attached hydrogens (primary N) is 1. The molecule has 0 aliphatic heterocycles. The van der Waals surface area contributed by atoms with Gasteiger partial charge in [0.1, 0.15) is 11.5 Å². The third kappa shape index (κ3) is 2.96. The lowest BCUT2D eigenvalue weighted by molar-refractivity contribution is -0.117. The normalized spacial score (nSPS) is 20.9. The summed E-state index contributed by atoms with van der Waals surface area (Å²) in [6.45, 7) is 0. The number of carbonyl (C=O) groups excluding carboxylic acids is 2. The maximum atomic E-state index is 12.3. The standard InChI is InChI=1S/C14H17NO4S/c15-11(9-16)8-10-4-6-12(7-5-10)20(18,19)14-3-1-2-13(14)17/h4-7,9,11,14H,1-3,8,15H2. The van der Waals surface area contributed by atoms with Gasteiger partial charge in [-0.25, -0.2) is 8.42 Å². The Hall–Kier alpha value is -1.53. The van der Waals surface area contributed by atoms with Gasteiger partial charge >= 0.3 is 0 Å². The fraction of sp³-hybridized carbons (Fsp3) is 0.429. The molecule has 0 radical (unpaired) electrons. The van der Waals surface area contributed by atoms with Crippen molar-refractivity contribution in [2.75, 3.05) is 0 Å². The highest BCUT2D eigenvalue weighted by Crippen LogP contribution is 2.27. The molecule has 1 aromatic rings. The first-order chi connectivity index (χ1) is 9.45. The Labute approximate surface area is 118 Å². The maximum absolute atomic E-state index is 12.3. The summed E-state index contributed by atoms with van der Waals surface area (Å²) in [6.07, 6.45) is 2.40. The lowest BCUT2D eigenvalue weighted by Crippen LogP contribution is -2.26. The summed E-state index contributed by atoms with van der Waals surface area (Å²) in [7, 11) is -3.59. The number of hydrogen-bond donors (Lipinski definition) is 1. The van der Waals surface area contributed by atoms with Gasteiger partial charge in [0.15, 0.2) is 15.6 Å². The van der Waals surface area contributed by atoms with Crippen LogP contribution in [0, 0.1) is 0 Å². The second-order valence-electron chi connectivity index (χ2n) is 5.04. The van der Waals surface area contributed by atoms with Crippen LogP contribution in [0.2, 0.25) is 0 Å². The number of benzene rings is 1. The summed E-state index contributed by atoms with van der Waals surface area (Å²) in [4.78, 5) is 22.3. The molecule has 2 unspecified atom stereocenters. The van der Waals surface area contributed by atoms with E-state index in [1.54, 1.807) is 12.1 Å². The molecule has 1 saturated carbocycles. The number of aldehydes is 1. The second kappa shape index (κ2) is 5.85. The minimum atomic E-state index is -3.59. The molecule has 0 bridgehead atoms. The Morgan fingerprint density at radius 3 is 2.45 bits per heavy atom. The van der Waals surface area contributed by atoms with Crippen molar-refractivity contribution in [2.24, 2.45) is 5.73 Å². The highest BCUT2D eigenvalue weighted by Gasteiger charge is 2.36. The van der Waals surface area contributed by atoms with E-state index < -0.39 is 21.1 Å². The summed E-state index contributed by atoms with van der Waals surface area (Å²) in [5.74, 6) is -0.197. The third-order valence-corrected chi connectivity index (χ3v) is 5.70. The molecule has 0 spiro atoms. The van der Waals surface area contributed by atoms with Gasteiger partial charge in [-0.15, -0.1) is 0 Å². The number of hydrogen-bond acceptors (Lipinski definition) is 5. The van der Waals surface area contributed by atoms with E-state index in [1.165, 1.54) is 12.1 Å². The van der Waals surface area contributed by atoms with E-state index in [2.05, 4.69) is 0 Å². The number of sulfone groups is 1. The molecule has 0 saturated heterocycles. The minimum Gasteiger partial charge on any atom is -0.321 e.